The van der Waals surface area contributed by atoms with Crippen LogP contribution in [-0.2, 0) is 9.59 Å². The molecule has 0 radical (unpaired) electrons. The van der Waals surface area contributed by atoms with Crippen molar-refractivity contribution >= 4 is 69.4 Å². The number of fused-ring (bicyclic) bond motifs is 2. The Morgan fingerprint density at radius 2 is 1.08 bits per heavy atom. The molecule has 0 saturated carbocycles. The van der Waals surface area contributed by atoms with Crippen molar-refractivity contribution < 1.29 is 19.1 Å². The number of rotatable bonds is 6. The number of nitrogens with zero attached hydrogens (tertiary/aromatic N) is 2. The van der Waals surface area contributed by atoms with Gasteiger partial charge in [-0.2, -0.15) is 0 Å². The minimum atomic E-state index is -0.377. The Morgan fingerprint density at radius 3 is 1.51 bits per heavy atom. The third-order valence-electron chi connectivity index (χ3n) is 5.40. The molecule has 7 heteroatoms. The van der Waals surface area contributed by atoms with Crippen LogP contribution in [0.15, 0.2) is 72.8 Å². The Kier molecular flexibility index (Phi) is 6.87. The largest absolute Gasteiger partial charge is 0.424 e. The highest BCUT2D eigenvalue weighted by molar-refractivity contribution is 7.13. The number of hydrogen-bond donors (Lipinski definition) is 0. The molecule has 2 aromatic carbocycles. The molecular formula is C30H22N2O4S. The van der Waals surface area contributed by atoms with E-state index < -0.39 is 0 Å². The molecule has 5 aromatic rings. The molecule has 0 saturated heterocycles. The summed E-state index contributed by atoms with van der Waals surface area (Å²) in [6.07, 6.45) is 7.88. The number of benzene rings is 2. The molecule has 0 bridgehead atoms. The molecule has 0 atom stereocenters. The van der Waals surface area contributed by atoms with Gasteiger partial charge in [0, 0.05) is 34.4 Å². The average molecular weight is 507 g/mol. The molecule has 182 valence electrons. The van der Waals surface area contributed by atoms with Crippen LogP contribution in [0.5, 0.6) is 11.5 Å². The minimum Gasteiger partial charge on any atom is -0.424 e. The summed E-state index contributed by atoms with van der Waals surface area (Å²) < 4.78 is 10.6. The molecule has 0 amide bonds. The minimum absolute atomic E-state index is 0.377. The van der Waals surface area contributed by atoms with E-state index in [1.54, 1.807) is 23.5 Å². The lowest BCUT2D eigenvalue weighted by molar-refractivity contribution is -0.132. The smallest absolute Gasteiger partial charge is 0.308 e. The van der Waals surface area contributed by atoms with E-state index in [-0.39, 0.29) is 11.9 Å². The van der Waals surface area contributed by atoms with Crippen LogP contribution >= 0.6 is 11.3 Å². The van der Waals surface area contributed by atoms with Gasteiger partial charge in [-0.25, -0.2) is 9.97 Å². The number of hydrogen-bond acceptors (Lipinski definition) is 7. The van der Waals surface area contributed by atoms with Gasteiger partial charge in [0.1, 0.15) is 11.0 Å². The van der Waals surface area contributed by atoms with Crippen LogP contribution in [0.2, 0.25) is 0 Å². The number of ether oxygens (including phenoxy) is 2. The second kappa shape index (κ2) is 10.6. The van der Waals surface area contributed by atoms with E-state index in [0.29, 0.717) is 22.5 Å². The van der Waals surface area contributed by atoms with Crippen LogP contribution in [-0.4, -0.2) is 21.9 Å². The van der Waals surface area contributed by atoms with E-state index in [1.807, 2.05) is 85.0 Å². The van der Waals surface area contributed by atoms with E-state index in [4.69, 9.17) is 9.47 Å². The van der Waals surface area contributed by atoms with Gasteiger partial charge >= 0.3 is 11.9 Å². The average Bonchev–Trinajstić information content (AvgIpc) is 3.34. The summed E-state index contributed by atoms with van der Waals surface area (Å²) in [7, 11) is 0. The van der Waals surface area contributed by atoms with Gasteiger partial charge < -0.3 is 9.47 Å². The lowest BCUT2D eigenvalue weighted by atomic mass is 10.2. The van der Waals surface area contributed by atoms with Crippen molar-refractivity contribution in [2.24, 2.45) is 0 Å². The van der Waals surface area contributed by atoms with Crippen molar-refractivity contribution in [1.82, 2.24) is 9.97 Å². The fourth-order valence-electron chi connectivity index (χ4n) is 3.81. The fourth-order valence-corrected chi connectivity index (χ4v) is 4.63. The zero-order valence-corrected chi connectivity index (χ0v) is 21.0. The summed E-state index contributed by atoms with van der Waals surface area (Å²) in [5.74, 6) is 0.147. The van der Waals surface area contributed by atoms with Crippen LogP contribution < -0.4 is 9.47 Å². The van der Waals surface area contributed by atoms with Crippen LogP contribution in [0.25, 0.3) is 46.1 Å². The summed E-state index contributed by atoms with van der Waals surface area (Å²) in [5, 5.41) is 1.81. The summed E-state index contributed by atoms with van der Waals surface area (Å²) in [6, 6.07) is 22.9. The Labute approximate surface area is 217 Å². The quantitative estimate of drug-likeness (QED) is 0.182. The molecule has 0 N–H and O–H groups in total. The second-order valence-corrected chi connectivity index (χ2v) is 9.37. The van der Waals surface area contributed by atoms with E-state index in [0.717, 1.165) is 31.9 Å². The summed E-state index contributed by atoms with van der Waals surface area (Å²) in [5.41, 5.74) is 2.83. The Morgan fingerprint density at radius 1 is 0.622 bits per heavy atom. The summed E-state index contributed by atoms with van der Waals surface area (Å²) >= 11 is 1.63. The van der Waals surface area contributed by atoms with E-state index in [1.165, 1.54) is 13.8 Å². The van der Waals surface area contributed by atoms with Crippen molar-refractivity contribution in [3.63, 3.8) is 0 Å². The highest BCUT2D eigenvalue weighted by Crippen LogP contribution is 2.27. The Hall–Kier alpha value is -4.62. The lowest BCUT2D eigenvalue weighted by Gasteiger charge is -2.05. The van der Waals surface area contributed by atoms with Gasteiger partial charge in [0.25, 0.3) is 0 Å². The second-order valence-electron chi connectivity index (χ2n) is 8.22. The monoisotopic (exact) mass is 506 g/mol. The lowest BCUT2D eigenvalue weighted by Crippen LogP contribution is -2.02. The van der Waals surface area contributed by atoms with Crippen molar-refractivity contribution in [3.05, 3.63) is 93.9 Å². The predicted molar refractivity (Wildman–Crippen MR) is 148 cm³/mol. The molecule has 0 spiro atoms. The van der Waals surface area contributed by atoms with Crippen LogP contribution in [0.3, 0.4) is 0 Å². The number of esters is 2. The Balaban J connectivity index is 1.34. The van der Waals surface area contributed by atoms with Gasteiger partial charge in [-0.1, -0.05) is 36.4 Å². The molecule has 0 unspecified atom stereocenters. The standard InChI is InChI=1S/C30H22N2O4S/c1-19(33)35-27-7-3-5-21-9-11-23(31-29(21)27)13-15-25-17-18-26(37-25)16-14-24-12-10-22-6-4-8-28(30(22)32-24)36-20(2)34/h3-18H,1-2H3/b15-13+,16-14+. The molecule has 0 aliphatic heterocycles. The number of carbonyl (C=O) groups excluding carboxylic acids is 2. The van der Waals surface area contributed by atoms with E-state index in [2.05, 4.69) is 9.97 Å². The molecule has 3 aromatic heterocycles. The van der Waals surface area contributed by atoms with Crippen molar-refractivity contribution in [3.8, 4) is 11.5 Å². The molecule has 6 nitrogen and oxygen atoms in total. The fraction of sp³-hybridized carbons (Fsp3) is 0.0667. The van der Waals surface area contributed by atoms with Crippen molar-refractivity contribution in [2.45, 2.75) is 13.8 Å². The summed E-state index contributed by atoms with van der Waals surface area (Å²) in [4.78, 5) is 34.3. The number of aromatic nitrogens is 2. The Bertz CT molecular complexity index is 1580. The highest BCUT2D eigenvalue weighted by Gasteiger charge is 2.08. The van der Waals surface area contributed by atoms with E-state index >= 15 is 0 Å². The van der Waals surface area contributed by atoms with Crippen molar-refractivity contribution in [1.29, 1.82) is 0 Å². The molecular weight excluding hydrogens is 484 g/mol. The first-order valence-corrected chi connectivity index (χ1v) is 12.4. The first-order chi connectivity index (χ1) is 17.9. The highest BCUT2D eigenvalue weighted by atomic mass is 32.1. The molecule has 0 fully saturated rings. The molecule has 3 heterocycles. The predicted octanol–water partition coefficient (Wildman–Crippen LogP) is 7.04. The zero-order valence-electron chi connectivity index (χ0n) is 20.2. The normalized spacial score (nSPS) is 11.5. The number of thiophene rings is 1. The number of para-hydroxylation sites is 2. The zero-order chi connectivity index (χ0) is 25.8. The van der Waals surface area contributed by atoms with Gasteiger partial charge in [-0.3, -0.25) is 9.59 Å². The molecule has 0 aliphatic rings. The third-order valence-corrected chi connectivity index (χ3v) is 6.42. The summed E-state index contributed by atoms with van der Waals surface area (Å²) in [6.45, 7) is 2.75. The van der Waals surface area contributed by atoms with Crippen molar-refractivity contribution in [2.75, 3.05) is 0 Å². The van der Waals surface area contributed by atoms with Gasteiger partial charge in [0.15, 0.2) is 11.5 Å². The topological polar surface area (TPSA) is 78.4 Å². The number of pyridine rings is 2. The maximum absolute atomic E-state index is 11.4. The van der Waals surface area contributed by atoms with Crippen LogP contribution in [0, 0.1) is 0 Å². The van der Waals surface area contributed by atoms with Crippen LogP contribution in [0.1, 0.15) is 35.0 Å². The number of carbonyl (C=O) groups is 2. The first-order valence-electron chi connectivity index (χ1n) is 11.6. The van der Waals surface area contributed by atoms with Gasteiger partial charge in [-0.15, -0.1) is 11.3 Å². The molecule has 0 aliphatic carbocycles. The first kappa shape index (κ1) is 24.1. The molecule has 37 heavy (non-hydrogen) atoms. The maximum Gasteiger partial charge on any atom is 0.308 e. The molecule has 5 rings (SSSR count). The maximum atomic E-state index is 11.4. The SMILES string of the molecule is CC(=O)Oc1cccc2ccc(/C=C/c3ccc(/C=C/c4ccc5cccc(OC(C)=O)c5n4)s3)nc12. The third kappa shape index (κ3) is 5.79. The van der Waals surface area contributed by atoms with Gasteiger partial charge in [0.05, 0.1) is 11.4 Å². The van der Waals surface area contributed by atoms with Gasteiger partial charge in [-0.05, 0) is 60.7 Å². The van der Waals surface area contributed by atoms with Gasteiger partial charge in [0.2, 0.25) is 0 Å². The van der Waals surface area contributed by atoms with E-state index in [9.17, 15) is 9.59 Å². The van der Waals surface area contributed by atoms with Crippen LogP contribution in [0.4, 0.5) is 0 Å².